The van der Waals surface area contributed by atoms with E-state index in [4.69, 9.17) is 4.74 Å². The Bertz CT molecular complexity index is 287. The molecule has 70 valence electrons. The van der Waals surface area contributed by atoms with Gasteiger partial charge in [0.25, 0.3) is 0 Å². The second kappa shape index (κ2) is 4.03. The van der Waals surface area contributed by atoms with Crippen LogP contribution in [0.2, 0.25) is 0 Å². The molecular weight excluding hydrogens is 184 g/mol. The van der Waals surface area contributed by atoms with E-state index in [-0.39, 0.29) is 0 Å². The first kappa shape index (κ1) is 8.91. The van der Waals surface area contributed by atoms with Crippen LogP contribution in [0.15, 0.2) is 11.4 Å². The van der Waals surface area contributed by atoms with E-state index in [2.05, 4.69) is 0 Å². The molecule has 0 spiro atoms. The Kier molecular flexibility index (Phi) is 2.76. The maximum atomic E-state index is 10.5. The highest BCUT2D eigenvalue weighted by molar-refractivity contribution is 7.10. The maximum Gasteiger partial charge on any atom is 0.150 e. The van der Waals surface area contributed by atoms with Crippen LogP contribution in [0, 0.1) is 0 Å². The lowest BCUT2D eigenvalue weighted by atomic mass is 9.98. The summed E-state index contributed by atoms with van der Waals surface area (Å²) in [4.78, 5) is 11.8. The number of carbonyl (C=O) groups is 1. The van der Waals surface area contributed by atoms with Crippen molar-refractivity contribution >= 4 is 17.6 Å². The van der Waals surface area contributed by atoms with Crippen LogP contribution >= 0.6 is 11.3 Å². The Morgan fingerprint density at radius 2 is 2.23 bits per heavy atom. The summed E-state index contributed by atoms with van der Waals surface area (Å²) in [5, 5.41) is 1.93. The van der Waals surface area contributed by atoms with Crippen LogP contribution in [0.4, 0.5) is 0 Å². The minimum Gasteiger partial charge on any atom is -0.381 e. The van der Waals surface area contributed by atoms with E-state index < -0.39 is 0 Å². The van der Waals surface area contributed by atoms with Crippen LogP contribution in [0.25, 0.3) is 0 Å². The average molecular weight is 196 g/mol. The maximum absolute atomic E-state index is 10.5. The van der Waals surface area contributed by atoms with Crippen molar-refractivity contribution < 1.29 is 9.53 Å². The molecule has 1 aliphatic rings. The van der Waals surface area contributed by atoms with E-state index >= 15 is 0 Å². The Morgan fingerprint density at radius 3 is 2.85 bits per heavy atom. The van der Waals surface area contributed by atoms with E-state index in [0.717, 1.165) is 37.9 Å². The van der Waals surface area contributed by atoms with E-state index in [1.807, 2.05) is 11.4 Å². The normalized spacial score (nSPS) is 18.8. The SMILES string of the molecule is O=Cc1csc(C2CCOCC2)c1. The van der Waals surface area contributed by atoms with E-state index in [1.54, 1.807) is 11.3 Å². The minimum absolute atomic E-state index is 0.618. The molecule has 1 fully saturated rings. The van der Waals surface area contributed by atoms with Crippen molar-refractivity contribution in [1.29, 1.82) is 0 Å². The van der Waals surface area contributed by atoms with Gasteiger partial charge in [0, 0.05) is 29.0 Å². The number of hydrogen-bond acceptors (Lipinski definition) is 3. The van der Waals surface area contributed by atoms with Crippen LogP contribution in [-0.4, -0.2) is 19.5 Å². The largest absolute Gasteiger partial charge is 0.381 e. The Morgan fingerprint density at radius 1 is 1.46 bits per heavy atom. The first-order valence-corrected chi connectivity index (χ1v) is 5.39. The summed E-state index contributed by atoms with van der Waals surface area (Å²) in [6.45, 7) is 1.72. The molecule has 0 radical (unpaired) electrons. The molecule has 0 amide bonds. The summed E-state index contributed by atoms with van der Waals surface area (Å²) in [7, 11) is 0. The molecule has 0 N–H and O–H groups in total. The van der Waals surface area contributed by atoms with Gasteiger partial charge in [-0.3, -0.25) is 4.79 Å². The Labute approximate surface area is 81.5 Å². The van der Waals surface area contributed by atoms with Gasteiger partial charge in [0.1, 0.15) is 0 Å². The number of thiophene rings is 1. The lowest BCUT2D eigenvalue weighted by Crippen LogP contribution is -2.12. The molecule has 1 saturated heterocycles. The molecule has 2 heterocycles. The lowest BCUT2D eigenvalue weighted by molar-refractivity contribution is 0.0860. The first-order valence-electron chi connectivity index (χ1n) is 4.51. The van der Waals surface area contributed by atoms with Crippen LogP contribution < -0.4 is 0 Å². The van der Waals surface area contributed by atoms with Crippen molar-refractivity contribution in [1.82, 2.24) is 0 Å². The molecule has 0 bridgehead atoms. The van der Waals surface area contributed by atoms with Gasteiger partial charge in [-0.25, -0.2) is 0 Å². The zero-order chi connectivity index (χ0) is 9.10. The number of rotatable bonds is 2. The van der Waals surface area contributed by atoms with Gasteiger partial charge < -0.3 is 4.74 Å². The Hall–Kier alpha value is -0.670. The predicted octanol–water partition coefficient (Wildman–Crippen LogP) is 2.45. The fraction of sp³-hybridized carbons (Fsp3) is 0.500. The minimum atomic E-state index is 0.618. The highest BCUT2D eigenvalue weighted by Crippen LogP contribution is 2.31. The molecule has 1 aromatic heterocycles. The third-order valence-electron chi connectivity index (χ3n) is 2.40. The van der Waals surface area contributed by atoms with Crippen molar-refractivity contribution in [3.05, 3.63) is 21.9 Å². The van der Waals surface area contributed by atoms with E-state index in [0.29, 0.717) is 5.92 Å². The zero-order valence-corrected chi connectivity index (χ0v) is 8.18. The molecule has 3 heteroatoms. The fourth-order valence-electron chi connectivity index (χ4n) is 1.63. The molecule has 0 aliphatic carbocycles. The topological polar surface area (TPSA) is 26.3 Å². The van der Waals surface area contributed by atoms with Gasteiger partial charge in [-0.15, -0.1) is 11.3 Å². The molecule has 1 aliphatic heterocycles. The first-order chi connectivity index (χ1) is 6.40. The van der Waals surface area contributed by atoms with Crippen molar-refractivity contribution in [3.8, 4) is 0 Å². The molecule has 13 heavy (non-hydrogen) atoms. The standard InChI is InChI=1S/C10H12O2S/c11-6-8-5-10(13-7-8)9-1-3-12-4-2-9/h5-7,9H,1-4H2. The summed E-state index contributed by atoms with van der Waals surface area (Å²) < 4.78 is 5.29. The van der Waals surface area contributed by atoms with Crippen LogP contribution in [0.5, 0.6) is 0 Å². The molecule has 0 atom stereocenters. The number of hydrogen-bond donors (Lipinski definition) is 0. The molecule has 0 unspecified atom stereocenters. The van der Waals surface area contributed by atoms with Gasteiger partial charge in [-0.2, -0.15) is 0 Å². The zero-order valence-electron chi connectivity index (χ0n) is 7.36. The molecule has 2 rings (SSSR count). The van der Waals surface area contributed by atoms with Gasteiger partial charge in [0.15, 0.2) is 6.29 Å². The molecule has 2 nitrogen and oxygen atoms in total. The highest BCUT2D eigenvalue weighted by Gasteiger charge is 2.17. The quantitative estimate of drug-likeness (QED) is 0.679. The van der Waals surface area contributed by atoms with Crippen LogP contribution in [-0.2, 0) is 4.74 Å². The van der Waals surface area contributed by atoms with Crippen LogP contribution in [0.1, 0.15) is 34.0 Å². The predicted molar refractivity (Wildman–Crippen MR) is 52.5 cm³/mol. The molecule has 0 aromatic carbocycles. The highest BCUT2D eigenvalue weighted by atomic mass is 32.1. The number of aldehydes is 1. The number of ether oxygens (including phenoxy) is 1. The molecule has 0 saturated carbocycles. The van der Waals surface area contributed by atoms with Crippen molar-refractivity contribution in [2.75, 3.05) is 13.2 Å². The van der Waals surface area contributed by atoms with Gasteiger partial charge >= 0.3 is 0 Å². The average Bonchev–Trinajstić information content (AvgIpc) is 2.67. The van der Waals surface area contributed by atoms with Crippen LogP contribution in [0.3, 0.4) is 0 Å². The number of carbonyl (C=O) groups excluding carboxylic acids is 1. The third kappa shape index (κ3) is 1.98. The summed E-state index contributed by atoms with van der Waals surface area (Å²) >= 11 is 1.69. The molecule has 1 aromatic rings. The summed E-state index contributed by atoms with van der Waals surface area (Å²) in [6, 6.07) is 2.01. The molecular formula is C10H12O2S. The lowest BCUT2D eigenvalue weighted by Gasteiger charge is -2.20. The van der Waals surface area contributed by atoms with Gasteiger partial charge in [-0.05, 0) is 24.8 Å². The smallest absolute Gasteiger partial charge is 0.150 e. The van der Waals surface area contributed by atoms with E-state index in [9.17, 15) is 4.79 Å². The van der Waals surface area contributed by atoms with Crippen molar-refractivity contribution in [3.63, 3.8) is 0 Å². The fourth-order valence-corrected chi connectivity index (χ4v) is 2.65. The van der Waals surface area contributed by atoms with Gasteiger partial charge in [0.05, 0.1) is 0 Å². The van der Waals surface area contributed by atoms with Crippen molar-refractivity contribution in [2.45, 2.75) is 18.8 Å². The summed E-state index contributed by atoms with van der Waals surface area (Å²) in [5.74, 6) is 0.618. The second-order valence-corrected chi connectivity index (χ2v) is 4.23. The second-order valence-electron chi connectivity index (χ2n) is 3.29. The monoisotopic (exact) mass is 196 g/mol. The third-order valence-corrected chi connectivity index (χ3v) is 3.51. The van der Waals surface area contributed by atoms with E-state index in [1.165, 1.54) is 4.88 Å². The summed E-state index contributed by atoms with van der Waals surface area (Å²) in [5.41, 5.74) is 0.812. The van der Waals surface area contributed by atoms with Gasteiger partial charge in [-0.1, -0.05) is 0 Å². The van der Waals surface area contributed by atoms with Gasteiger partial charge in [0.2, 0.25) is 0 Å². The Balaban J connectivity index is 2.09. The van der Waals surface area contributed by atoms with Crippen molar-refractivity contribution in [2.24, 2.45) is 0 Å². The summed E-state index contributed by atoms with van der Waals surface area (Å²) in [6.07, 6.45) is 3.11.